The highest BCUT2D eigenvalue weighted by atomic mass is 32.1. The first-order chi connectivity index (χ1) is 39.5. The second-order valence-corrected chi connectivity index (χ2v) is 34.0. The summed E-state index contributed by atoms with van der Waals surface area (Å²) in [6.07, 6.45) is 3.45. The van der Waals surface area contributed by atoms with Crippen LogP contribution in [-0.4, -0.2) is 6.71 Å². The third-order valence-corrected chi connectivity index (χ3v) is 21.8. The van der Waals surface area contributed by atoms with Crippen LogP contribution in [0.1, 0.15) is 208 Å². The third kappa shape index (κ3) is 9.15. The molecular weight excluding hydrogens is 1050 g/mol. The molecule has 2 aliphatic carbocycles. The van der Waals surface area contributed by atoms with Gasteiger partial charge in [0.15, 0.2) is 0 Å². The van der Waals surface area contributed by atoms with Crippen LogP contribution in [0.2, 0.25) is 0 Å². The van der Waals surface area contributed by atoms with Crippen LogP contribution in [-0.2, 0) is 43.3 Å². The van der Waals surface area contributed by atoms with Gasteiger partial charge in [0.1, 0.15) is 0 Å². The van der Waals surface area contributed by atoms with Gasteiger partial charge in [0, 0.05) is 65.7 Å². The van der Waals surface area contributed by atoms with Crippen molar-refractivity contribution in [2.75, 3.05) is 14.7 Å². The highest BCUT2D eigenvalue weighted by Crippen LogP contribution is 2.57. The molecule has 0 atom stereocenters. The lowest BCUT2D eigenvalue weighted by Crippen LogP contribution is -2.62. The average molecular weight is 1140 g/mol. The summed E-state index contributed by atoms with van der Waals surface area (Å²) in [5.74, 6) is 0. The molecule has 0 saturated carbocycles. The quantitative estimate of drug-likeness (QED) is 0.159. The molecule has 13 rings (SSSR count). The van der Waals surface area contributed by atoms with Gasteiger partial charge in [-0.1, -0.05) is 205 Å². The number of hydrogen-bond acceptors (Lipinski definition) is 4. The van der Waals surface area contributed by atoms with E-state index in [0.29, 0.717) is 0 Å². The zero-order valence-electron chi connectivity index (χ0n) is 55.2. The van der Waals surface area contributed by atoms with Gasteiger partial charge >= 0.3 is 0 Å². The van der Waals surface area contributed by atoms with Crippen molar-refractivity contribution in [2.24, 2.45) is 0 Å². The fraction of sp³-hybridized carbons (Fsp3) is 0.400. The van der Waals surface area contributed by atoms with Crippen LogP contribution in [0.4, 0.5) is 51.2 Å². The van der Waals surface area contributed by atoms with Crippen molar-refractivity contribution < 1.29 is 0 Å². The van der Waals surface area contributed by atoms with Gasteiger partial charge in [-0.2, -0.15) is 0 Å². The minimum Gasteiger partial charge on any atom is -0.311 e. The van der Waals surface area contributed by atoms with Crippen LogP contribution in [0.5, 0.6) is 0 Å². The Kier molecular flexibility index (Phi) is 12.7. The minimum atomic E-state index is -0.222. The van der Waals surface area contributed by atoms with E-state index in [9.17, 15) is 0 Å². The number of benzene rings is 8. The van der Waals surface area contributed by atoms with E-state index in [1.54, 1.807) is 0 Å². The number of aryl methyl sites for hydroxylation is 1. The molecule has 0 amide bonds. The number of rotatable bonds is 5. The Morgan fingerprint density at radius 2 is 0.894 bits per heavy atom. The summed E-state index contributed by atoms with van der Waals surface area (Å²) in [4.78, 5) is 8.04. The molecule has 3 nitrogen and oxygen atoms in total. The van der Waals surface area contributed by atoms with Gasteiger partial charge in [0.05, 0.1) is 5.69 Å². The molecule has 9 aromatic rings. The van der Waals surface area contributed by atoms with Gasteiger partial charge in [-0.15, -0.1) is 11.3 Å². The summed E-state index contributed by atoms with van der Waals surface area (Å²) >= 11 is 1.96. The third-order valence-electron chi connectivity index (χ3n) is 20.6. The predicted molar refractivity (Wildman–Crippen MR) is 374 cm³/mol. The van der Waals surface area contributed by atoms with Gasteiger partial charge in [0.2, 0.25) is 0 Å². The van der Waals surface area contributed by atoms with Crippen LogP contribution < -0.4 is 31.1 Å². The first-order valence-electron chi connectivity index (χ1n) is 31.8. The van der Waals surface area contributed by atoms with Gasteiger partial charge in [-0.3, -0.25) is 0 Å². The SMILES string of the molecule is Cc1cc2c(cc1N1c3cc4c(cc3B3c5ccc(N(c6ccc(C(C)(C)C)cc6)c6ccc(C(C)(C)C)cc6)cc5N(c5ccc6c(sc7ccccc76)c5C(C)(C)C)c5cc(C(C)(C)C)cc1c53)C(C)(C)CC4(C)C)C(C)(C)CCC2(C)C. The second kappa shape index (κ2) is 18.7. The molecule has 1 aromatic heterocycles. The van der Waals surface area contributed by atoms with E-state index in [1.807, 2.05) is 11.3 Å². The minimum absolute atomic E-state index is 0.000460. The molecule has 3 heterocycles. The maximum atomic E-state index is 2.77. The summed E-state index contributed by atoms with van der Waals surface area (Å²) in [5.41, 5.74) is 27.6. The van der Waals surface area contributed by atoms with Gasteiger partial charge in [-0.05, 0) is 209 Å². The molecule has 4 aliphatic rings. The molecule has 2 aliphatic heterocycles. The lowest BCUT2D eigenvalue weighted by molar-refractivity contribution is 0.332. The van der Waals surface area contributed by atoms with E-state index >= 15 is 0 Å². The standard InChI is InChI=1S/C80H92BN3S/c1-48-40-57-59(78(16,17)39-38-77(57,14)15)45-64(48)84-66-46-60-58(79(18,19)47-80(60,20)21)44-62(66)81-61-36-34-54(82(52-30-26-49(27-31-52)73(2,3)4)53-32-28-50(29-33-53)74(5,6)7)43-65(61)83(67-41-51(75(8,9)10)42-68(84)71(67)81)63-37-35-56-55-24-22-23-25-69(55)85-72(56)70(63)76(11,12)13/h22-37,40-46H,38-39,47H2,1-21H3. The highest BCUT2D eigenvalue weighted by Gasteiger charge is 2.50. The predicted octanol–water partition coefficient (Wildman–Crippen LogP) is 21.4. The van der Waals surface area contributed by atoms with Crippen molar-refractivity contribution in [3.63, 3.8) is 0 Å². The van der Waals surface area contributed by atoms with Crippen LogP contribution in [0.15, 0.2) is 140 Å². The molecule has 0 fully saturated rings. The molecule has 0 radical (unpaired) electrons. The van der Waals surface area contributed by atoms with Crippen molar-refractivity contribution in [3.05, 3.63) is 190 Å². The Bertz CT molecular complexity index is 4150. The molecule has 5 heteroatoms. The zero-order valence-corrected chi connectivity index (χ0v) is 56.0. The Hall–Kier alpha value is -6.56. The second-order valence-electron chi connectivity index (χ2n) is 33.0. The van der Waals surface area contributed by atoms with Crippen molar-refractivity contribution in [1.82, 2.24) is 0 Å². The first kappa shape index (κ1) is 57.5. The van der Waals surface area contributed by atoms with Gasteiger partial charge < -0.3 is 14.7 Å². The van der Waals surface area contributed by atoms with E-state index in [4.69, 9.17) is 0 Å². The maximum absolute atomic E-state index is 2.77. The Balaban J connectivity index is 1.17. The number of nitrogens with zero attached hydrogens (tertiary/aromatic N) is 3. The first-order valence-corrected chi connectivity index (χ1v) is 32.6. The van der Waals surface area contributed by atoms with Crippen LogP contribution in [0, 0.1) is 6.92 Å². The van der Waals surface area contributed by atoms with Crippen LogP contribution in [0.25, 0.3) is 20.2 Å². The Morgan fingerprint density at radius 3 is 1.45 bits per heavy atom. The average Bonchev–Trinajstić information content (AvgIpc) is 1.49. The fourth-order valence-corrected chi connectivity index (χ4v) is 17.3. The summed E-state index contributed by atoms with van der Waals surface area (Å²) in [7, 11) is 0. The number of hydrogen-bond donors (Lipinski definition) is 0. The van der Waals surface area contributed by atoms with E-state index in [-0.39, 0.29) is 50.0 Å². The molecule has 0 N–H and O–H groups in total. The molecule has 0 bridgehead atoms. The topological polar surface area (TPSA) is 9.72 Å². The lowest BCUT2D eigenvalue weighted by Gasteiger charge is -2.47. The van der Waals surface area contributed by atoms with E-state index in [2.05, 4.69) is 300 Å². The summed E-state index contributed by atoms with van der Waals surface area (Å²) in [6.45, 7) is 50.7. The van der Waals surface area contributed by atoms with Crippen molar-refractivity contribution >= 4 is 106 Å². The van der Waals surface area contributed by atoms with Crippen LogP contribution >= 0.6 is 11.3 Å². The van der Waals surface area contributed by atoms with E-state index in [0.717, 1.165) is 29.9 Å². The van der Waals surface area contributed by atoms with Gasteiger partial charge in [-0.25, -0.2) is 0 Å². The van der Waals surface area contributed by atoms with E-state index in [1.165, 1.54) is 127 Å². The molecular formula is C80H92BN3S. The lowest BCUT2D eigenvalue weighted by atomic mass is 9.33. The molecule has 0 spiro atoms. The summed E-state index contributed by atoms with van der Waals surface area (Å²) < 4.78 is 2.70. The van der Waals surface area contributed by atoms with Crippen molar-refractivity contribution in [3.8, 4) is 0 Å². The largest absolute Gasteiger partial charge is 0.311 e. The monoisotopic (exact) mass is 1140 g/mol. The van der Waals surface area contributed by atoms with Crippen LogP contribution in [0.3, 0.4) is 0 Å². The summed E-state index contributed by atoms with van der Waals surface area (Å²) in [6, 6.07) is 56.2. The number of fused-ring (bicyclic) bond motifs is 9. The molecule has 8 aromatic carbocycles. The maximum Gasteiger partial charge on any atom is 0.252 e. The highest BCUT2D eigenvalue weighted by molar-refractivity contribution is 7.26. The fourth-order valence-electron chi connectivity index (χ4n) is 15.8. The number of anilines is 9. The number of thiophene rings is 1. The van der Waals surface area contributed by atoms with E-state index < -0.39 is 0 Å². The molecule has 85 heavy (non-hydrogen) atoms. The Labute approximate surface area is 515 Å². The molecule has 436 valence electrons. The smallest absolute Gasteiger partial charge is 0.252 e. The molecule has 0 unspecified atom stereocenters. The zero-order chi connectivity index (χ0) is 60.8. The normalized spacial score (nSPS) is 17.4. The summed E-state index contributed by atoms with van der Waals surface area (Å²) in [5, 5.41) is 2.66. The van der Waals surface area contributed by atoms with Crippen molar-refractivity contribution in [1.29, 1.82) is 0 Å². The Morgan fingerprint density at radius 1 is 0.412 bits per heavy atom. The van der Waals surface area contributed by atoms with Crippen molar-refractivity contribution in [2.45, 2.75) is 208 Å². The molecule has 0 saturated heterocycles. The van der Waals surface area contributed by atoms with Gasteiger partial charge in [0.25, 0.3) is 6.71 Å².